The molecule has 0 saturated heterocycles. The van der Waals surface area contributed by atoms with E-state index in [0.29, 0.717) is 12.5 Å². The number of aliphatic hydroxyl groups excluding tert-OH is 1. The number of rotatable bonds is 7. The third-order valence-corrected chi connectivity index (χ3v) is 3.07. The Morgan fingerprint density at radius 2 is 2.06 bits per heavy atom. The van der Waals surface area contributed by atoms with Crippen molar-refractivity contribution in [2.24, 2.45) is 5.92 Å². The van der Waals surface area contributed by atoms with Crippen molar-refractivity contribution < 1.29 is 5.11 Å². The first-order chi connectivity index (χ1) is 8.54. The summed E-state index contributed by atoms with van der Waals surface area (Å²) in [4.78, 5) is 2.07. The molecule has 0 aliphatic rings. The largest absolute Gasteiger partial charge is 0.395 e. The zero-order valence-electron chi connectivity index (χ0n) is 12.0. The number of nitrogens with one attached hydrogen (secondary N) is 1. The van der Waals surface area contributed by atoms with E-state index in [-0.39, 0.29) is 6.61 Å². The van der Waals surface area contributed by atoms with Gasteiger partial charge in [0.05, 0.1) is 6.61 Å². The molecule has 102 valence electrons. The van der Waals surface area contributed by atoms with Crippen molar-refractivity contribution in [2.45, 2.75) is 27.3 Å². The summed E-state index contributed by atoms with van der Waals surface area (Å²) in [5.74, 6) is 0.681. The minimum absolute atomic E-state index is 0.188. The smallest absolute Gasteiger partial charge is 0.0606 e. The fourth-order valence-corrected chi connectivity index (χ4v) is 1.89. The molecule has 0 amide bonds. The van der Waals surface area contributed by atoms with E-state index >= 15 is 0 Å². The third-order valence-electron chi connectivity index (χ3n) is 3.07. The maximum atomic E-state index is 8.94. The third kappa shape index (κ3) is 4.67. The Balaban J connectivity index is 2.62. The number of aliphatic hydroxyl groups is 1. The zero-order chi connectivity index (χ0) is 13.5. The molecule has 0 bridgehead atoms. The van der Waals surface area contributed by atoms with Gasteiger partial charge in [-0.15, -0.1) is 0 Å². The van der Waals surface area contributed by atoms with E-state index in [0.717, 1.165) is 18.8 Å². The highest BCUT2D eigenvalue weighted by Gasteiger charge is 2.04. The second kappa shape index (κ2) is 7.39. The van der Waals surface area contributed by atoms with Gasteiger partial charge in [-0.25, -0.2) is 0 Å². The molecule has 0 unspecified atom stereocenters. The van der Waals surface area contributed by atoms with Crippen molar-refractivity contribution in [1.82, 2.24) is 5.32 Å². The number of benzene rings is 1. The molecule has 1 rings (SSSR count). The van der Waals surface area contributed by atoms with Gasteiger partial charge >= 0.3 is 0 Å². The summed E-state index contributed by atoms with van der Waals surface area (Å²) in [6.07, 6.45) is 0. The Morgan fingerprint density at radius 1 is 1.33 bits per heavy atom. The van der Waals surface area contributed by atoms with E-state index in [2.05, 4.69) is 49.2 Å². The molecule has 1 aromatic carbocycles. The van der Waals surface area contributed by atoms with Crippen LogP contribution < -0.4 is 10.2 Å². The highest BCUT2D eigenvalue weighted by atomic mass is 16.3. The number of aryl methyl sites for hydroxylation is 1. The Kier molecular flexibility index (Phi) is 6.16. The number of nitrogens with zero attached hydrogens (tertiary/aromatic N) is 1. The van der Waals surface area contributed by atoms with Gasteiger partial charge in [0.2, 0.25) is 0 Å². The fraction of sp³-hybridized carbons (Fsp3) is 0.600. The normalized spacial score (nSPS) is 11.0. The average molecular weight is 250 g/mol. The molecule has 0 atom stereocenters. The van der Waals surface area contributed by atoms with Crippen LogP contribution in [0.5, 0.6) is 0 Å². The number of hydrogen-bond acceptors (Lipinski definition) is 3. The van der Waals surface area contributed by atoms with Gasteiger partial charge in [0.15, 0.2) is 0 Å². The van der Waals surface area contributed by atoms with Crippen LogP contribution in [-0.2, 0) is 6.54 Å². The molecule has 0 aliphatic carbocycles. The second-order valence-corrected chi connectivity index (χ2v) is 5.28. The molecule has 0 aromatic heterocycles. The Labute approximate surface area is 111 Å². The molecule has 1 aromatic rings. The summed E-state index contributed by atoms with van der Waals surface area (Å²) in [6.45, 7) is 9.40. The molecule has 18 heavy (non-hydrogen) atoms. The predicted molar refractivity (Wildman–Crippen MR) is 78.1 cm³/mol. The fourth-order valence-electron chi connectivity index (χ4n) is 1.89. The van der Waals surface area contributed by atoms with Crippen molar-refractivity contribution in [2.75, 3.05) is 31.6 Å². The van der Waals surface area contributed by atoms with Crippen LogP contribution >= 0.6 is 0 Å². The van der Waals surface area contributed by atoms with Crippen LogP contribution in [0.1, 0.15) is 25.0 Å². The monoisotopic (exact) mass is 250 g/mol. The molecule has 0 spiro atoms. The summed E-state index contributed by atoms with van der Waals surface area (Å²) < 4.78 is 0. The molecule has 0 saturated carbocycles. The minimum Gasteiger partial charge on any atom is -0.395 e. The average Bonchev–Trinajstić information content (AvgIpc) is 2.31. The second-order valence-electron chi connectivity index (χ2n) is 5.28. The first-order valence-corrected chi connectivity index (χ1v) is 6.66. The zero-order valence-corrected chi connectivity index (χ0v) is 12.0. The van der Waals surface area contributed by atoms with Gasteiger partial charge in [0.25, 0.3) is 0 Å². The molecular formula is C15H26N2O. The Morgan fingerprint density at radius 3 is 2.61 bits per heavy atom. The molecular weight excluding hydrogens is 224 g/mol. The van der Waals surface area contributed by atoms with Gasteiger partial charge < -0.3 is 15.3 Å². The summed E-state index contributed by atoms with van der Waals surface area (Å²) in [6, 6.07) is 6.48. The van der Waals surface area contributed by atoms with Crippen molar-refractivity contribution in [3.8, 4) is 0 Å². The van der Waals surface area contributed by atoms with Crippen molar-refractivity contribution in [3.63, 3.8) is 0 Å². The lowest BCUT2D eigenvalue weighted by Crippen LogP contribution is -2.22. The summed E-state index contributed by atoms with van der Waals surface area (Å²) >= 11 is 0. The van der Waals surface area contributed by atoms with E-state index in [4.69, 9.17) is 5.11 Å². The maximum absolute atomic E-state index is 8.94. The van der Waals surface area contributed by atoms with Gasteiger partial charge in [0.1, 0.15) is 0 Å². The number of likely N-dealkylation sites (N-methyl/N-ethyl adjacent to an activating group) is 1. The van der Waals surface area contributed by atoms with Crippen LogP contribution in [0.3, 0.4) is 0 Å². The lowest BCUT2D eigenvalue weighted by Gasteiger charge is -2.19. The van der Waals surface area contributed by atoms with E-state index in [1.807, 2.05) is 7.05 Å². The van der Waals surface area contributed by atoms with Gasteiger partial charge in [-0.2, -0.15) is 0 Å². The summed E-state index contributed by atoms with van der Waals surface area (Å²) in [7, 11) is 2.00. The first-order valence-electron chi connectivity index (χ1n) is 6.66. The van der Waals surface area contributed by atoms with Gasteiger partial charge in [-0.05, 0) is 42.6 Å². The van der Waals surface area contributed by atoms with E-state index in [1.54, 1.807) is 0 Å². The van der Waals surface area contributed by atoms with Crippen molar-refractivity contribution in [3.05, 3.63) is 29.3 Å². The van der Waals surface area contributed by atoms with Crippen LogP contribution in [0.4, 0.5) is 5.69 Å². The SMILES string of the molecule is Cc1cc(N(C)CCO)ccc1CNCC(C)C. The molecule has 0 heterocycles. The van der Waals surface area contributed by atoms with Gasteiger partial charge in [0, 0.05) is 25.8 Å². The molecule has 3 heteroatoms. The predicted octanol–water partition coefficient (Wildman–Crippen LogP) is 2.17. The van der Waals surface area contributed by atoms with E-state index < -0.39 is 0 Å². The molecule has 2 N–H and O–H groups in total. The quantitative estimate of drug-likeness (QED) is 0.778. The lowest BCUT2D eigenvalue weighted by atomic mass is 10.1. The van der Waals surface area contributed by atoms with Crippen LogP contribution in [0.2, 0.25) is 0 Å². The maximum Gasteiger partial charge on any atom is 0.0606 e. The van der Waals surface area contributed by atoms with Crippen LogP contribution in [0.25, 0.3) is 0 Å². The van der Waals surface area contributed by atoms with Crippen LogP contribution in [0, 0.1) is 12.8 Å². The minimum atomic E-state index is 0.188. The Hall–Kier alpha value is -1.06. The van der Waals surface area contributed by atoms with Gasteiger partial charge in [-0.3, -0.25) is 0 Å². The Bertz CT molecular complexity index is 364. The van der Waals surface area contributed by atoms with Crippen molar-refractivity contribution in [1.29, 1.82) is 0 Å². The first kappa shape index (κ1) is 15.0. The van der Waals surface area contributed by atoms with Crippen LogP contribution in [0.15, 0.2) is 18.2 Å². The molecule has 3 nitrogen and oxygen atoms in total. The topological polar surface area (TPSA) is 35.5 Å². The van der Waals surface area contributed by atoms with Crippen LogP contribution in [-0.4, -0.2) is 31.9 Å². The number of hydrogen-bond donors (Lipinski definition) is 2. The summed E-state index contributed by atoms with van der Waals surface area (Å²) in [5, 5.41) is 12.4. The van der Waals surface area contributed by atoms with Crippen molar-refractivity contribution >= 4 is 5.69 Å². The number of anilines is 1. The highest BCUT2D eigenvalue weighted by molar-refractivity contribution is 5.50. The highest BCUT2D eigenvalue weighted by Crippen LogP contribution is 2.18. The van der Waals surface area contributed by atoms with E-state index in [1.165, 1.54) is 11.1 Å². The summed E-state index contributed by atoms with van der Waals surface area (Å²) in [5.41, 5.74) is 3.81. The molecule has 0 fully saturated rings. The molecule has 0 aliphatic heterocycles. The lowest BCUT2D eigenvalue weighted by molar-refractivity contribution is 0.304. The van der Waals surface area contributed by atoms with E-state index in [9.17, 15) is 0 Å². The standard InChI is InChI=1S/C15H26N2O/c1-12(2)10-16-11-14-5-6-15(9-13(14)3)17(4)7-8-18/h5-6,9,12,16,18H,7-8,10-11H2,1-4H3. The van der Waals surface area contributed by atoms with Gasteiger partial charge in [-0.1, -0.05) is 19.9 Å². The molecule has 0 radical (unpaired) electrons.